The van der Waals surface area contributed by atoms with Crippen molar-refractivity contribution in [2.45, 2.75) is 6.54 Å². The zero-order valence-corrected chi connectivity index (χ0v) is 15.9. The number of para-hydroxylation sites is 1. The molecule has 0 spiro atoms. The van der Waals surface area contributed by atoms with Gasteiger partial charge in [-0.1, -0.05) is 70.5 Å². The molecule has 0 heterocycles. The fourth-order valence-corrected chi connectivity index (χ4v) is 2.88. The van der Waals surface area contributed by atoms with Crippen LogP contribution in [0.25, 0.3) is 6.08 Å². The molecule has 0 aromatic heterocycles. The average Bonchev–Trinajstić information content (AvgIpc) is 2.68. The van der Waals surface area contributed by atoms with Gasteiger partial charge in [0.1, 0.15) is 12.4 Å². The van der Waals surface area contributed by atoms with Crippen LogP contribution in [0.3, 0.4) is 0 Å². The highest BCUT2D eigenvalue weighted by Crippen LogP contribution is 2.23. The van der Waals surface area contributed by atoms with E-state index in [0.29, 0.717) is 13.2 Å². The molecule has 0 aliphatic rings. The number of anilines is 1. The molecule has 3 aromatic rings. The molecule has 3 nitrogen and oxygen atoms in total. The fourth-order valence-electron chi connectivity index (χ4n) is 2.48. The van der Waals surface area contributed by atoms with Crippen molar-refractivity contribution >= 4 is 27.7 Å². The molecule has 4 heteroatoms. The lowest BCUT2D eigenvalue weighted by Crippen LogP contribution is -2.21. The topological polar surface area (TPSA) is 33.3 Å². The SMILES string of the molecule is Brc1ccc(OCC=Cc2ccccc2)c(CNNc2ccccc2)c1. The van der Waals surface area contributed by atoms with E-state index in [9.17, 15) is 0 Å². The van der Waals surface area contributed by atoms with Crippen LogP contribution >= 0.6 is 15.9 Å². The van der Waals surface area contributed by atoms with Crippen molar-refractivity contribution in [3.63, 3.8) is 0 Å². The van der Waals surface area contributed by atoms with Crippen LogP contribution in [0.5, 0.6) is 5.75 Å². The van der Waals surface area contributed by atoms with E-state index in [2.05, 4.69) is 51.1 Å². The summed E-state index contributed by atoms with van der Waals surface area (Å²) in [6.45, 7) is 1.17. The largest absolute Gasteiger partial charge is 0.489 e. The third-order valence-electron chi connectivity index (χ3n) is 3.75. The number of hydrogen-bond acceptors (Lipinski definition) is 3. The van der Waals surface area contributed by atoms with Crippen molar-refractivity contribution in [1.82, 2.24) is 5.43 Å². The van der Waals surface area contributed by atoms with Crippen molar-refractivity contribution in [2.24, 2.45) is 0 Å². The minimum Gasteiger partial charge on any atom is -0.489 e. The van der Waals surface area contributed by atoms with E-state index < -0.39 is 0 Å². The van der Waals surface area contributed by atoms with Gasteiger partial charge >= 0.3 is 0 Å². The number of ether oxygens (including phenoxy) is 1. The van der Waals surface area contributed by atoms with Gasteiger partial charge in [-0.2, -0.15) is 0 Å². The quantitative estimate of drug-likeness (QED) is 0.471. The minimum absolute atomic E-state index is 0.523. The van der Waals surface area contributed by atoms with E-state index in [1.807, 2.05) is 66.7 Å². The van der Waals surface area contributed by atoms with Crippen molar-refractivity contribution < 1.29 is 4.74 Å². The zero-order valence-electron chi connectivity index (χ0n) is 14.4. The van der Waals surface area contributed by atoms with E-state index in [-0.39, 0.29) is 0 Å². The van der Waals surface area contributed by atoms with E-state index in [1.54, 1.807) is 0 Å². The monoisotopic (exact) mass is 408 g/mol. The van der Waals surface area contributed by atoms with Gasteiger partial charge in [-0.3, -0.25) is 0 Å². The number of benzene rings is 3. The molecule has 2 N–H and O–H groups in total. The number of halogens is 1. The van der Waals surface area contributed by atoms with Gasteiger partial charge in [0.2, 0.25) is 0 Å². The Labute approximate surface area is 162 Å². The minimum atomic E-state index is 0.523. The first-order valence-corrected chi connectivity index (χ1v) is 9.27. The molecule has 0 aliphatic carbocycles. The van der Waals surface area contributed by atoms with Gasteiger partial charge in [-0.15, -0.1) is 0 Å². The fraction of sp³-hybridized carbons (Fsp3) is 0.0909. The molecule has 132 valence electrons. The Hall–Kier alpha value is -2.56. The molecule has 0 saturated carbocycles. The van der Waals surface area contributed by atoms with Gasteiger partial charge in [0.25, 0.3) is 0 Å². The van der Waals surface area contributed by atoms with Crippen LogP contribution in [-0.4, -0.2) is 6.61 Å². The molecule has 0 amide bonds. The maximum atomic E-state index is 5.94. The summed E-state index contributed by atoms with van der Waals surface area (Å²) in [5.74, 6) is 0.869. The highest BCUT2D eigenvalue weighted by Gasteiger charge is 2.04. The van der Waals surface area contributed by atoms with Crippen molar-refractivity contribution in [3.8, 4) is 5.75 Å². The Morgan fingerprint density at radius 2 is 1.62 bits per heavy atom. The molecular formula is C22H21BrN2O. The van der Waals surface area contributed by atoms with E-state index >= 15 is 0 Å². The van der Waals surface area contributed by atoms with Crippen LogP contribution in [0.2, 0.25) is 0 Å². The standard InChI is InChI=1S/C22H21BrN2O/c23-20-13-14-22(26-15-7-10-18-8-3-1-4-9-18)19(16-20)17-24-25-21-11-5-2-6-12-21/h1-14,16,24-25H,15,17H2. The van der Waals surface area contributed by atoms with E-state index in [0.717, 1.165) is 21.5 Å². The van der Waals surface area contributed by atoms with Crippen LogP contribution in [0.4, 0.5) is 5.69 Å². The molecule has 0 radical (unpaired) electrons. The average molecular weight is 409 g/mol. The normalized spacial score (nSPS) is 10.8. The van der Waals surface area contributed by atoms with Crippen molar-refractivity contribution in [2.75, 3.05) is 12.0 Å². The predicted molar refractivity (Wildman–Crippen MR) is 112 cm³/mol. The number of nitrogens with one attached hydrogen (secondary N) is 2. The molecule has 0 aliphatic heterocycles. The lowest BCUT2D eigenvalue weighted by molar-refractivity contribution is 0.358. The lowest BCUT2D eigenvalue weighted by Gasteiger charge is -2.13. The molecule has 0 unspecified atom stereocenters. The molecule has 26 heavy (non-hydrogen) atoms. The summed E-state index contributed by atoms with van der Waals surface area (Å²) in [4.78, 5) is 0. The van der Waals surface area contributed by atoms with Crippen LogP contribution < -0.4 is 15.6 Å². The summed E-state index contributed by atoms with van der Waals surface area (Å²) < 4.78 is 6.97. The molecule has 0 bridgehead atoms. The number of hydrazine groups is 1. The summed E-state index contributed by atoms with van der Waals surface area (Å²) in [6.07, 6.45) is 4.09. The number of hydrogen-bond donors (Lipinski definition) is 2. The maximum Gasteiger partial charge on any atom is 0.124 e. The second-order valence-electron chi connectivity index (χ2n) is 5.72. The lowest BCUT2D eigenvalue weighted by atomic mass is 10.2. The highest BCUT2D eigenvalue weighted by molar-refractivity contribution is 9.10. The molecule has 3 rings (SSSR count). The molecule has 0 saturated heterocycles. The first-order valence-electron chi connectivity index (χ1n) is 8.48. The highest BCUT2D eigenvalue weighted by atomic mass is 79.9. The molecule has 0 atom stereocenters. The second-order valence-corrected chi connectivity index (χ2v) is 6.64. The second kappa shape index (κ2) is 9.80. The summed E-state index contributed by atoms with van der Waals surface area (Å²) in [6, 6.07) is 26.3. The third-order valence-corrected chi connectivity index (χ3v) is 4.25. The van der Waals surface area contributed by atoms with Gasteiger partial charge < -0.3 is 10.2 Å². The third kappa shape index (κ3) is 5.76. The van der Waals surface area contributed by atoms with Crippen LogP contribution in [0.1, 0.15) is 11.1 Å². The zero-order chi connectivity index (χ0) is 18.0. The summed E-state index contributed by atoms with van der Waals surface area (Å²) in [5, 5.41) is 0. The first kappa shape index (κ1) is 18.2. The van der Waals surface area contributed by atoms with Gasteiger partial charge in [-0.25, -0.2) is 5.43 Å². The Morgan fingerprint density at radius 3 is 2.38 bits per heavy atom. The van der Waals surface area contributed by atoms with Crippen LogP contribution in [-0.2, 0) is 6.54 Å². The summed E-state index contributed by atoms with van der Waals surface area (Å²) >= 11 is 3.53. The van der Waals surface area contributed by atoms with Crippen molar-refractivity contribution in [1.29, 1.82) is 0 Å². The van der Waals surface area contributed by atoms with Crippen LogP contribution in [0, 0.1) is 0 Å². The van der Waals surface area contributed by atoms with Crippen LogP contribution in [0.15, 0.2) is 89.4 Å². The smallest absolute Gasteiger partial charge is 0.124 e. The summed E-state index contributed by atoms with van der Waals surface area (Å²) in [5.41, 5.74) is 9.70. The molecular weight excluding hydrogens is 388 g/mol. The van der Waals surface area contributed by atoms with Gasteiger partial charge in [0, 0.05) is 22.3 Å². The number of rotatable bonds is 8. The molecule has 0 fully saturated rings. The predicted octanol–water partition coefficient (Wildman–Crippen LogP) is 5.66. The first-order chi connectivity index (χ1) is 12.8. The Balaban J connectivity index is 1.56. The Kier molecular flexibility index (Phi) is 6.88. The van der Waals surface area contributed by atoms with Gasteiger partial charge in [0.15, 0.2) is 0 Å². The molecule has 3 aromatic carbocycles. The maximum absolute atomic E-state index is 5.94. The van der Waals surface area contributed by atoms with E-state index in [1.165, 1.54) is 5.56 Å². The van der Waals surface area contributed by atoms with Crippen molar-refractivity contribution in [3.05, 3.63) is 101 Å². The summed E-state index contributed by atoms with van der Waals surface area (Å²) in [7, 11) is 0. The Morgan fingerprint density at radius 1 is 0.885 bits per heavy atom. The Bertz CT molecular complexity index is 835. The van der Waals surface area contributed by atoms with Gasteiger partial charge in [0.05, 0.1) is 0 Å². The van der Waals surface area contributed by atoms with E-state index in [4.69, 9.17) is 4.74 Å². The van der Waals surface area contributed by atoms with Gasteiger partial charge in [-0.05, 0) is 42.0 Å².